The Balaban J connectivity index is 2.03. The van der Waals surface area contributed by atoms with E-state index in [0.717, 1.165) is 33.5 Å². The minimum absolute atomic E-state index is 0.515. The molecule has 0 bridgehead atoms. The molecule has 0 aliphatic heterocycles. The summed E-state index contributed by atoms with van der Waals surface area (Å²) >= 11 is 0. The second kappa shape index (κ2) is 5.70. The SMILES string of the molecule is COc1cc(C)cc(-c2ccc3c(c2)ncn3CC(C)(C)O)c1. The molecule has 0 atom stereocenters. The summed E-state index contributed by atoms with van der Waals surface area (Å²) in [6.07, 6.45) is 1.78. The molecule has 0 unspecified atom stereocenters. The molecular weight excluding hydrogens is 288 g/mol. The van der Waals surface area contributed by atoms with Gasteiger partial charge in [0.1, 0.15) is 5.75 Å². The van der Waals surface area contributed by atoms with Gasteiger partial charge in [-0.25, -0.2) is 4.98 Å². The van der Waals surface area contributed by atoms with Crippen LogP contribution in [0.25, 0.3) is 22.2 Å². The van der Waals surface area contributed by atoms with Crippen LogP contribution in [0.3, 0.4) is 0 Å². The zero-order valence-corrected chi connectivity index (χ0v) is 14.0. The minimum atomic E-state index is -0.768. The van der Waals surface area contributed by atoms with Gasteiger partial charge in [-0.05, 0) is 61.7 Å². The van der Waals surface area contributed by atoms with Crippen LogP contribution in [0.1, 0.15) is 19.4 Å². The summed E-state index contributed by atoms with van der Waals surface area (Å²) in [6.45, 7) is 6.17. The lowest BCUT2D eigenvalue weighted by atomic mass is 10.0. The van der Waals surface area contributed by atoms with Crippen molar-refractivity contribution in [3.05, 3.63) is 48.3 Å². The topological polar surface area (TPSA) is 47.3 Å². The Labute approximate surface area is 136 Å². The van der Waals surface area contributed by atoms with Crippen LogP contribution in [0.2, 0.25) is 0 Å². The lowest BCUT2D eigenvalue weighted by Gasteiger charge is -2.18. The predicted molar refractivity (Wildman–Crippen MR) is 92.8 cm³/mol. The van der Waals surface area contributed by atoms with E-state index in [0.29, 0.717) is 6.54 Å². The maximum absolute atomic E-state index is 10.0. The molecule has 120 valence electrons. The summed E-state index contributed by atoms with van der Waals surface area (Å²) in [5, 5.41) is 10.0. The van der Waals surface area contributed by atoms with Crippen molar-refractivity contribution >= 4 is 11.0 Å². The van der Waals surface area contributed by atoms with Crippen LogP contribution in [0.15, 0.2) is 42.7 Å². The van der Waals surface area contributed by atoms with Crippen molar-refractivity contribution in [3.8, 4) is 16.9 Å². The van der Waals surface area contributed by atoms with Crippen LogP contribution < -0.4 is 4.74 Å². The highest BCUT2D eigenvalue weighted by atomic mass is 16.5. The fraction of sp³-hybridized carbons (Fsp3) is 0.316. The maximum atomic E-state index is 10.0. The molecule has 0 aliphatic rings. The third-order valence-corrected chi connectivity index (χ3v) is 3.80. The molecule has 1 heterocycles. The molecule has 0 saturated carbocycles. The molecular formula is C19H22N2O2. The number of fused-ring (bicyclic) bond motifs is 1. The third-order valence-electron chi connectivity index (χ3n) is 3.80. The Morgan fingerprint density at radius 2 is 1.91 bits per heavy atom. The van der Waals surface area contributed by atoms with E-state index in [1.807, 2.05) is 16.7 Å². The quantitative estimate of drug-likeness (QED) is 0.797. The van der Waals surface area contributed by atoms with Gasteiger partial charge in [-0.15, -0.1) is 0 Å². The van der Waals surface area contributed by atoms with Crippen molar-refractivity contribution < 1.29 is 9.84 Å². The Bertz CT molecular complexity index is 844. The van der Waals surface area contributed by atoms with Gasteiger partial charge in [-0.1, -0.05) is 12.1 Å². The van der Waals surface area contributed by atoms with Gasteiger partial charge in [0.2, 0.25) is 0 Å². The first kappa shape index (κ1) is 15.6. The molecule has 0 fully saturated rings. The molecule has 4 heteroatoms. The minimum Gasteiger partial charge on any atom is -0.497 e. The number of hydrogen-bond donors (Lipinski definition) is 1. The molecule has 1 aromatic heterocycles. The monoisotopic (exact) mass is 310 g/mol. The molecule has 0 saturated heterocycles. The van der Waals surface area contributed by atoms with E-state index in [1.54, 1.807) is 27.3 Å². The molecule has 4 nitrogen and oxygen atoms in total. The molecule has 1 N–H and O–H groups in total. The zero-order chi connectivity index (χ0) is 16.6. The van der Waals surface area contributed by atoms with Crippen molar-refractivity contribution in [1.29, 1.82) is 0 Å². The van der Waals surface area contributed by atoms with Gasteiger partial charge in [0.05, 0.1) is 36.6 Å². The Morgan fingerprint density at radius 1 is 1.13 bits per heavy atom. The second-order valence-corrected chi connectivity index (χ2v) is 6.63. The summed E-state index contributed by atoms with van der Waals surface area (Å²) in [5.74, 6) is 0.854. The molecule has 23 heavy (non-hydrogen) atoms. The summed E-state index contributed by atoms with van der Waals surface area (Å²) in [6, 6.07) is 12.4. The van der Waals surface area contributed by atoms with Crippen LogP contribution in [0.5, 0.6) is 5.75 Å². The van der Waals surface area contributed by atoms with Gasteiger partial charge in [0, 0.05) is 0 Å². The van der Waals surface area contributed by atoms with E-state index in [1.165, 1.54) is 0 Å². The smallest absolute Gasteiger partial charge is 0.119 e. The van der Waals surface area contributed by atoms with Crippen LogP contribution >= 0.6 is 0 Å². The highest BCUT2D eigenvalue weighted by Gasteiger charge is 2.15. The first-order chi connectivity index (χ1) is 10.9. The number of methoxy groups -OCH3 is 1. The number of benzene rings is 2. The number of ether oxygens (including phenoxy) is 1. The number of aliphatic hydroxyl groups is 1. The summed E-state index contributed by atoms with van der Waals surface area (Å²) in [4.78, 5) is 4.47. The Hall–Kier alpha value is -2.33. The van der Waals surface area contributed by atoms with Crippen LogP contribution in [0.4, 0.5) is 0 Å². The van der Waals surface area contributed by atoms with Crippen LogP contribution in [0, 0.1) is 6.92 Å². The Kier molecular flexibility index (Phi) is 3.86. The maximum Gasteiger partial charge on any atom is 0.119 e. The highest BCUT2D eigenvalue weighted by molar-refractivity contribution is 5.82. The van der Waals surface area contributed by atoms with Gasteiger partial charge >= 0.3 is 0 Å². The highest BCUT2D eigenvalue weighted by Crippen LogP contribution is 2.28. The van der Waals surface area contributed by atoms with Gasteiger partial charge in [-0.3, -0.25) is 0 Å². The average Bonchev–Trinajstić information content (AvgIpc) is 2.87. The van der Waals surface area contributed by atoms with Crippen LogP contribution in [-0.2, 0) is 6.54 Å². The molecule has 0 amide bonds. The fourth-order valence-corrected chi connectivity index (χ4v) is 2.82. The molecule has 0 spiro atoms. The van der Waals surface area contributed by atoms with Gasteiger partial charge in [0.15, 0.2) is 0 Å². The van der Waals surface area contributed by atoms with Crippen LogP contribution in [-0.4, -0.2) is 27.4 Å². The molecule has 0 aliphatic carbocycles. The van der Waals surface area contributed by atoms with E-state index in [-0.39, 0.29) is 0 Å². The number of nitrogens with zero attached hydrogens (tertiary/aromatic N) is 2. The summed E-state index contributed by atoms with van der Waals surface area (Å²) < 4.78 is 7.34. The molecule has 0 radical (unpaired) electrons. The number of hydrogen-bond acceptors (Lipinski definition) is 3. The standard InChI is InChI=1S/C19H22N2O2/c1-13-7-15(9-16(8-13)23-4)14-5-6-18-17(10-14)20-12-21(18)11-19(2,3)22/h5-10,12,22H,11H2,1-4H3. The number of imidazole rings is 1. The molecule has 3 rings (SSSR count). The zero-order valence-electron chi connectivity index (χ0n) is 14.0. The van der Waals surface area contributed by atoms with Gasteiger partial charge in [-0.2, -0.15) is 0 Å². The predicted octanol–water partition coefficient (Wildman–Crippen LogP) is 3.79. The largest absolute Gasteiger partial charge is 0.497 e. The molecule has 2 aromatic carbocycles. The van der Waals surface area contributed by atoms with Gasteiger partial charge < -0.3 is 14.4 Å². The average molecular weight is 310 g/mol. The molecule has 3 aromatic rings. The van der Waals surface area contributed by atoms with Crippen molar-refractivity contribution in [2.75, 3.05) is 7.11 Å². The van der Waals surface area contributed by atoms with E-state index < -0.39 is 5.60 Å². The first-order valence-electron chi connectivity index (χ1n) is 7.69. The lowest BCUT2D eigenvalue weighted by Crippen LogP contribution is -2.25. The number of aromatic nitrogens is 2. The normalized spacial score (nSPS) is 11.9. The van der Waals surface area contributed by atoms with E-state index >= 15 is 0 Å². The van der Waals surface area contributed by atoms with E-state index in [4.69, 9.17) is 4.74 Å². The first-order valence-corrected chi connectivity index (χ1v) is 7.69. The lowest BCUT2D eigenvalue weighted by molar-refractivity contribution is 0.0627. The summed E-state index contributed by atoms with van der Waals surface area (Å²) in [5.41, 5.74) is 4.56. The van der Waals surface area contributed by atoms with Crippen molar-refractivity contribution in [2.24, 2.45) is 0 Å². The van der Waals surface area contributed by atoms with E-state index in [9.17, 15) is 5.11 Å². The number of rotatable bonds is 4. The van der Waals surface area contributed by atoms with Crippen molar-refractivity contribution in [3.63, 3.8) is 0 Å². The third kappa shape index (κ3) is 3.37. The van der Waals surface area contributed by atoms with Gasteiger partial charge in [0.25, 0.3) is 0 Å². The van der Waals surface area contributed by atoms with Crippen molar-refractivity contribution in [1.82, 2.24) is 9.55 Å². The number of aryl methyl sites for hydroxylation is 1. The second-order valence-electron chi connectivity index (χ2n) is 6.63. The van der Waals surface area contributed by atoms with E-state index in [2.05, 4.69) is 36.2 Å². The Morgan fingerprint density at radius 3 is 2.61 bits per heavy atom. The summed E-state index contributed by atoms with van der Waals surface area (Å²) in [7, 11) is 1.68. The fourth-order valence-electron chi connectivity index (χ4n) is 2.82. The van der Waals surface area contributed by atoms with Crippen molar-refractivity contribution in [2.45, 2.75) is 32.9 Å².